The molecule has 0 spiro atoms. The van der Waals surface area contributed by atoms with Crippen LogP contribution in [-0.4, -0.2) is 47.4 Å². The molecule has 69 heavy (non-hydrogen) atoms. The third-order valence-electron chi connectivity index (χ3n) is 14.5. The molecule has 0 bridgehead atoms. The highest BCUT2D eigenvalue weighted by molar-refractivity contribution is 5.76. The predicted octanol–water partition coefficient (Wildman–Crippen LogP) is 19.4. The van der Waals surface area contributed by atoms with Crippen molar-refractivity contribution in [2.75, 3.05) is 13.2 Å². The lowest BCUT2D eigenvalue weighted by atomic mass is 10.0. The van der Waals surface area contributed by atoms with Gasteiger partial charge in [0.25, 0.3) is 0 Å². The zero-order valence-corrected chi connectivity index (χ0v) is 46.6. The van der Waals surface area contributed by atoms with Gasteiger partial charge in [-0.2, -0.15) is 0 Å². The average Bonchev–Trinajstić information content (AvgIpc) is 3.35. The first-order valence-corrected chi connectivity index (χ1v) is 31.1. The average molecular weight is 973 g/mol. The van der Waals surface area contributed by atoms with Crippen LogP contribution in [0.15, 0.2) is 24.3 Å². The van der Waals surface area contributed by atoms with Crippen LogP contribution in [0.4, 0.5) is 0 Å². The van der Waals surface area contributed by atoms with Gasteiger partial charge in [0.1, 0.15) is 0 Å². The van der Waals surface area contributed by atoms with Crippen LogP contribution in [0.3, 0.4) is 0 Å². The van der Waals surface area contributed by atoms with E-state index in [0.29, 0.717) is 19.4 Å². The number of rotatable bonds is 58. The summed E-state index contributed by atoms with van der Waals surface area (Å²) in [6, 6.07) is -0.624. The highest BCUT2D eigenvalue weighted by Crippen LogP contribution is 2.18. The number of hydrogen-bond acceptors (Lipinski definition) is 5. The number of nitrogens with one attached hydrogen (secondary N) is 1. The third kappa shape index (κ3) is 55.5. The van der Waals surface area contributed by atoms with Crippen LogP contribution in [0, 0.1) is 0 Å². The van der Waals surface area contributed by atoms with Gasteiger partial charge in [-0.15, -0.1) is 0 Å². The summed E-state index contributed by atoms with van der Waals surface area (Å²) in [4.78, 5) is 24.5. The third-order valence-corrected chi connectivity index (χ3v) is 14.5. The molecule has 0 radical (unpaired) electrons. The molecule has 0 aromatic rings. The van der Waals surface area contributed by atoms with Crippen molar-refractivity contribution in [2.45, 2.75) is 353 Å². The van der Waals surface area contributed by atoms with Gasteiger partial charge in [0.2, 0.25) is 5.91 Å². The van der Waals surface area contributed by atoms with E-state index in [2.05, 4.69) is 31.3 Å². The van der Waals surface area contributed by atoms with Gasteiger partial charge in [0.05, 0.1) is 25.4 Å². The predicted molar refractivity (Wildman–Crippen MR) is 301 cm³/mol. The molecule has 0 aliphatic heterocycles. The van der Waals surface area contributed by atoms with Crippen LogP contribution < -0.4 is 5.32 Å². The van der Waals surface area contributed by atoms with E-state index in [1.807, 2.05) is 6.08 Å². The summed E-state index contributed by atoms with van der Waals surface area (Å²) in [5, 5.41) is 23.0. The summed E-state index contributed by atoms with van der Waals surface area (Å²) < 4.78 is 5.50. The van der Waals surface area contributed by atoms with Crippen LogP contribution in [0.25, 0.3) is 0 Å². The molecule has 0 saturated carbocycles. The summed E-state index contributed by atoms with van der Waals surface area (Å²) >= 11 is 0. The fraction of sp³-hybridized carbons (Fsp3) is 0.905. The molecule has 0 saturated heterocycles. The number of allylic oxidation sites excluding steroid dienone is 3. The molecule has 2 atom stereocenters. The minimum absolute atomic E-state index is 0.0128. The highest BCUT2D eigenvalue weighted by Gasteiger charge is 2.18. The van der Waals surface area contributed by atoms with Crippen LogP contribution in [0.5, 0.6) is 0 Å². The molecule has 0 aliphatic carbocycles. The molecule has 0 aromatic carbocycles. The maximum atomic E-state index is 12.4. The Morgan fingerprint density at radius 1 is 0.391 bits per heavy atom. The van der Waals surface area contributed by atoms with Crippen LogP contribution in [0.2, 0.25) is 0 Å². The van der Waals surface area contributed by atoms with Crippen molar-refractivity contribution in [2.24, 2.45) is 0 Å². The minimum Gasteiger partial charge on any atom is -0.466 e. The van der Waals surface area contributed by atoms with E-state index in [4.69, 9.17) is 4.74 Å². The molecular formula is C63H121NO5. The van der Waals surface area contributed by atoms with Gasteiger partial charge < -0.3 is 20.3 Å². The summed E-state index contributed by atoms with van der Waals surface area (Å²) in [5.74, 6) is -0.0545. The topological polar surface area (TPSA) is 95.9 Å². The lowest BCUT2D eigenvalue weighted by Gasteiger charge is -2.20. The lowest BCUT2D eigenvalue weighted by Crippen LogP contribution is -2.45. The van der Waals surface area contributed by atoms with Crippen molar-refractivity contribution in [3.8, 4) is 0 Å². The quantitative estimate of drug-likeness (QED) is 0.0321. The normalized spacial score (nSPS) is 12.7. The summed E-state index contributed by atoms with van der Waals surface area (Å²) in [7, 11) is 0. The maximum Gasteiger partial charge on any atom is 0.305 e. The molecule has 3 N–H and O–H groups in total. The smallest absolute Gasteiger partial charge is 0.305 e. The van der Waals surface area contributed by atoms with E-state index in [-0.39, 0.29) is 18.5 Å². The second-order valence-electron chi connectivity index (χ2n) is 21.4. The van der Waals surface area contributed by atoms with E-state index in [1.165, 1.54) is 270 Å². The highest BCUT2D eigenvalue weighted by atomic mass is 16.5. The fourth-order valence-corrected chi connectivity index (χ4v) is 9.69. The number of carbonyl (C=O) groups is 2. The number of carbonyl (C=O) groups excluding carboxylic acids is 2. The second kappa shape index (κ2) is 58.9. The van der Waals surface area contributed by atoms with Gasteiger partial charge in [-0.1, -0.05) is 295 Å². The molecule has 0 rings (SSSR count). The molecule has 0 fully saturated rings. The van der Waals surface area contributed by atoms with Gasteiger partial charge in [0.15, 0.2) is 0 Å². The van der Waals surface area contributed by atoms with Crippen molar-refractivity contribution in [3.63, 3.8) is 0 Å². The van der Waals surface area contributed by atoms with Crippen LogP contribution in [-0.2, 0) is 14.3 Å². The van der Waals surface area contributed by atoms with Crippen molar-refractivity contribution in [3.05, 3.63) is 24.3 Å². The standard InChI is InChI=1S/C63H121NO5/c1-3-5-7-9-11-13-15-16-17-27-31-34-37-41-45-49-53-57-63(68)69-58-54-50-46-42-38-35-32-29-26-24-22-20-18-19-21-23-25-28-30-33-36-40-44-48-52-56-62(67)64-60(59-65)61(66)55-51-47-43-39-14-12-10-8-6-4-2/h16-17,51,55,60-61,65-66H,3-15,18-50,52-54,56-59H2,1-2H3,(H,64,67)/b17-16-,55-51+. The molecule has 6 heteroatoms. The van der Waals surface area contributed by atoms with Crippen molar-refractivity contribution < 1.29 is 24.5 Å². The number of hydrogen-bond donors (Lipinski definition) is 3. The fourth-order valence-electron chi connectivity index (χ4n) is 9.69. The molecule has 2 unspecified atom stereocenters. The molecule has 1 amide bonds. The van der Waals surface area contributed by atoms with Crippen molar-refractivity contribution in [1.29, 1.82) is 0 Å². The second-order valence-corrected chi connectivity index (χ2v) is 21.4. The first kappa shape index (κ1) is 67.3. The Bertz CT molecular complexity index is 1080. The number of ether oxygens (including phenoxy) is 1. The molecule has 0 aromatic heterocycles. The molecular weight excluding hydrogens is 851 g/mol. The Balaban J connectivity index is 3.34. The Morgan fingerprint density at radius 3 is 1.03 bits per heavy atom. The lowest BCUT2D eigenvalue weighted by molar-refractivity contribution is -0.143. The van der Waals surface area contributed by atoms with E-state index in [1.54, 1.807) is 6.08 Å². The van der Waals surface area contributed by atoms with E-state index >= 15 is 0 Å². The van der Waals surface area contributed by atoms with Crippen molar-refractivity contribution in [1.82, 2.24) is 5.32 Å². The van der Waals surface area contributed by atoms with Gasteiger partial charge in [-0.05, 0) is 57.8 Å². The summed E-state index contributed by atoms with van der Waals surface area (Å²) in [5.41, 5.74) is 0. The van der Waals surface area contributed by atoms with Crippen LogP contribution >= 0.6 is 0 Å². The Hall–Kier alpha value is -1.66. The van der Waals surface area contributed by atoms with Crippen LogP contribution in [0.1, 0.15) is 341 Å². The largest absolute Gasteiger partial charge is 0.466 e. The number of unbranched alkanes of at least 4 members (excludes halogenated alkanes) is 45. The number of aliphatic hydroxyl groups excluding tert-OH is 2. The summed E-state index contributed by atoms with van der Waals surface area (Å²) in [6.45, 7) is 4.90. The number of esters is 1. The molecule has 0 heterocycles. The van der Waals surface area contributed by atoms with E-state index in [9.17, 15) is 19.8 Å². The number of aliphatic hydroxyl groups is 2. The number of amides is 1. The van der Waals surface area contributed by atoms with Gasteiger partial charge in [-0.25, -0.2) is 0 Å². The Kier molecular flexibility index (Phi) is 57.5. The monoisotopic (exact) mass is 972 g/mol. The Morgan fingerprint density at radius 2 is 0.681 bits per heavy atom. The molecule has 408 valence electrons. The van der Waals surface area contributed by atoms with Gasteiger partial charge in [0, 0.05) is 12.8 Å². The minimum atomic E-state index is -0.841. The zero-order valence-electron chi connectivity index (χ0n) is 46.6. The molecule has 0 aliphatic rings. The Labute approximate surface area is 431 Å². The maximum absolute atomic E-state index is 12.4. The van der Waals surface area contributed by atoms with Gasteiger partial charge in [-0.3, -0.25) is 9.59 Å². The SMILES string of the molecule is CCCCCCCC/C=C\CCCCCCCCCC(=O)OCCCCCCCCCCCCCCCCCCCCCCCCCCCC(=O)NC(CO)C(O)/C=C/CCCCCCCCCC. The van der Waals surface area contributed by atoms with E-state index < -0.39 is 12.1 Å². The summed E-state index contributed by atoms with van der Waals surface area (Å²) in [6.07, 6.45) is 72.3. The zero-order chi connectivity index (χ0) is 50.0. The first-order chi connectivity index (χ1) is 34.0. The van der Waals surface area contributed by atoms with E-state index in [0.717, 1.165) is 44.9 Å². The van der Waals surface area contributed by atoms with Crippen molar-refractivity contribution >= 4 is 11.9 Å². The van der Waals surface area contributed by atoms with Gasteiger partial charge >= 0.3 is 5.97 Å². The molecule has 6 nitrogen and oxygen atoms in total. The first-order valence-electron chi connectivity index (χ1n) is 31.1.